The predicted octanol–water partition coefficient (Wildman–Crippen LogP) is 2.29. The lowest BCUT2D eigenvalue weighted by molar-refractivity contribution is 0.0698. The monoisotopic (exact) mass is 285 g/mol. The molecule has 0 heterocycles. The molecule has 0 unspecified atom stereocenters. The van der Waals surface area contributed by atoms with Crippen molar-refractivity contribution < 1.29 is 14.7 Å². The predicted molar refractivity (Wildman–Crippen MR) is 80.1 cm³/mol. The largest absolute Gasteiger partial charge is 0.478 e. The van der Waals surface area contributed by atoms with Gasteiger partial charge in [0.05, 0.1) is 11.3 Å². The summed E-state index contributed by atoms with van der Waals surface area (Å²) in [6.07, 6.45) is 0. The van der Waals surface area contributed by atoms with Gasteiger partial charge < -0.3 is 21.5 Å². The van der Waals surface area contributed by atoms with Crippen LogP contribution in [-0.4, -0.2) is 17.1 Å². The van der Waals surface area contributed by atoms with Gasteiger partial charge in [-0.25, -0.2) is 9.59 Å². The van der Waals surface area contributed by atoms with Crippen molar-refractivity contribution in [1.29, 1.82) is 0 Å². The average Bonchev–Trinajstić information content (AvgIpc) is 2.48. The third kappa shape index (κ3) is 3.97. The van der Waals surface area contributed by atoms with Crippen LogP contribution in [0.25, 0.3) is 0 Å². The van der Waals surface area contributed by atoms with Crippen molar-refractivity contribution in [1.82, 2.24) is 5.32 Å². The topological polar surface area (TPSA) is 104 Å². The fourth-order valence-corrected chi connectivity index (χ4v) is 1.79. The quantitative estimate of drug-likeness (QED) is 0.647. The number of carboxylic acids is 1. The van der Waals surface area contributed by atoms with E-state index in [1.165, 1.54) is 18.2 Å². The van der Waals surface area contributed by atoms with Gasteiger partial charge >= 0.3 is 12.0 Å². The molecule has 21 heavy (non-hydrogen) atoms. The van der Waals surface area contributed by atoms with Gasteiger partial charge in [-0.15, -0.1) is 0 Å². The molecule has 2 amide bonds. The summed E-state index contributed by atoms with van der Waals surface area (Å²) in [7, 11) is 0. The second-order valence-corrected chi connectivity index (χ2v) is 4.40. The fraction of sp³-hybridized carbons (Fsp3) is 0.0667. The van der Waals surface area contributed by atoms with Gasteiger partial charge in [-0.3, -0.25) is 0 Å². The van der Waals surface area contributed by atoms with Gasteiger partial charge in [0, 0.05) is 12.2 Å². The summed E-state index contributed by atoms with van der Waals surface area (Å²) in [6, 6.07) is 13.2. The lowest BCUT2D eigenvalue weighted by Gasteiger charge is -2.10. The molecule has 5 N–H and O–H groups in total. The molecule has 0 saturated heterocycles. The number of hydrogen-bond donors (Lipinski definition) is 4. The number of nitrogens with two attached hydrogens (primary N) is 1. The molecule has 0 bridgehead atoms. The van der Waals surface area contributed by atoms with Crippen molar-refractivity contribution in [2.75, 3.05) is 11.1 Å². The highest BCUT2D eigenvalue weighted by atomic mass is 16.4. The Bertz CT molecular complexity index is 656. The molecule has 6 heteroatoms. The van der Waals surface area contributed by atoms with Crippen molar-refractivity contribution in [3.63, 3.8) is 0 Å². The zero-order chi connectivity index (χ0) is 15.2. The van der Waals surface area contributed by atoms with E-state index in [1.54, 1.807) is 0 Å². The highest BCUT2D eigenvalue weighted by Gasteiger charge is 2.12. The number of hydrogen-bond acceptors (Lipinski definition) is 3. The second kappa shape index (κ2) is 6.42. The zero-order valence-electron chi connectivity index (χ0n) is 11.2. The molecular formula is C15H15N3O3. The molecule has 108 valence electrons. The summed E-state index contributed by atoms with van der Waals surface area (Å²) in [6.45, 7) is 0.351. The number of rotatable bonds is 4. The Balaban J connectivity index is 2.01. The number of aromatic carboxylic acids is 1. The van der Waals surface area contributed by atoms with E-state index in [-0.39, 0.29) is 11.3 Å². The lowest BCUT2D eigenvalue weighted by Crippen LogP contribution is -2.28. The molecule has 0 spiro atoms. The van der Waals surface area contributed by atoms with Crippen molar-refractivity contribution in [2.24, 2.45) is 0 Å². The van der Waals surface area contributed by atoms with Gasteiger partial charge in [0.25, 0.3) is 0 Å². The lowest BCUT2D eigenvalue weighted by atomic mass is 10.1. The van der Waals surface area contributed by atoms with E-state index < -0.39 is 12.0 Å². The Morgan fingerprint density at radius 1 is 1.10 bits per heavy atom. The summed E-state index contributed by atoms with van der Waals surface area (Å²) < 4.78 is 0. The standard InChI is InChI=1S/C15H15N3O3/c16-11-6-7-13(12(8-11)14(19)20)18-15(21)17-9-10-4-2-1-3-5-10/h1-8H,9,16H2,(H,19,20)(H2,17,18,21). The first-order valence-electron chi connectivity index (χ1n) is 6.28. The highest BCUT2D eigenvalue weighted by molar-refractivity contribution is 6.00. The van der Waals surface area contributed by atoms with E-state index in [0.717, 1.165) is 5.56 Å². The van der Waals surface area contributed by atoms with Crippen LogP contribution >= 0.6 is 0 Å². The minimum atomic E-state index is -1.15. The zero-order valence-corrected chi connectivity index (χ0v) is 11.2. The molecule has 2 aromatic rings. The van der Waals surface area contributed by atoms with E-state index in [9.17, 15) is 9.59 Å². The van der Waals surface area contributed by atoms with E-state index in [4.69, 9.17) is 10.8 Å². The molecular weight excluding hydrogens is 270 g/mol. The number of urea groups is 1. The van der Waals surface area contributed by atoms with Crippen LogP contribution < -0.4 is 16.4 Å². The molecule has 0 radical (unpaired) electrons. The number of benzene rings is 2. The van der Waals surface area contributed by atoms with Gasteiger partial charge in [0.2, 0.25) is 0 Å². The smallest absolute Gasteiger partial charge is 0.337 e. The van der Waals surface area contributed by atoms with Gasteiger partial charge in [0.1, 0.15) is 0 Å². The molecule has 0 aliphatic carbocycles. The summed E-state index contributed by atoms with van der Waals surface area (Å²) in [5.74, 6) is -1.15. The summed E-state index contributed by atoms with van der Waals surface area (Å²) >= 11 is 0. The maximum atomic E-state index is 11.8. The van der Waals surface area contributed by atoms with E-state index in [0.29, 0.717) is 12.2 Å². The van der Waals surface area contributed by atoms with Crippen LogP contribution in [0.1, 0.15) is 15.9 Å². The first-order valence-corrected chi connectivity index (χ1v) is 6.28. The number of carbonyl (C=O) groups excluding carboxylic acids is 1. The minimum Gasteiger partial charge on any atom is -0.478 e. The summed E-state index contributed by atoms with van der Waals surface area (Å²) in [5.41, 5.74) is 6.95. The second-order valence-electron chi connectivity index (χ2n) is 4.40. The molecule has 6 nitrogen and oxygen atoms in total. The Morgan fingerprint density at radius 3 is 2.48 bits per heavy atom. The molecule has 2 rings (SSSR count). The number of carboxylic acid groups (broad SMARTS) is 1. The minimum absolute atomic E-state index is 0.0511. The van der Waals surface area contributed by atoms with Crippen LogP contribution in [0.2, 0.25) is 0 Å². The van der Waals surface area contributed by atoms with Gasteiger partial charge in [-0.2, -0.15) is 0 Å². The van der Waals surface area contributed by atoms with Crippen molar-refractivity contribution in [3.8, 4) is 0 Å². The van der Waals surface area contributed by atoms with Crippen LogP contribution in [0.4, 0.5) is 16.2 Å². The maximum absolute atomic E-state index is 11.8. The normalized spacial score (nSPS) is 9.90. The van der Waals surface area contributed by atoms with Crippen molar-refractivity contribution in [2.45, 2.75) is 6.54 Å². The molecule has 0 saturated carbocycles. The van der Waals surface area contributed by atoms with Gasteiger partial charge in [-0.05, 0) is 23.8 Å². The Hall–Kier alpha value is -3.02. The van der Waals surface area contributed by atoms with E-state index in [1.807, 2.05) is 30.3 Å². The number of amides is 2. The van der Waals surface area contributed by atoms with Crippen LogP contribution in [0, 0.1) is 0 Å². The van der Waals surface area contributed by atoms with Gasteiger partial charge in [0.15, 0.2) is 0 Å². The number of carbonyl (C=O) groups is 2. The summed E-state index contributed by atoms with van der Waals surface area (Å²) in [5, 5.41) is 14.2. The fourth-order valence-electron chi connectivity index (χ4n) is 1.79. The van der Waals surface area contributed by atoms with Crippen LogP contribution in [0.15, 0.2) is 48.5 Å². The highest BCUT2D eigenvalue weighted by Crippen LogP contribution is 2.18. The number of anilines is 2. The SMILES string of the molecule is Nc1ccc(NC(=O)NCc2ccccc2)c(C(=O)O)c1. The Morgan fingerprint density at radius 2 is 1.81 bits per heavy atom. The average molecular weight is 285 g/mol. The van der Waals surface area contributed by atoms with E-state index in [2.05, 4.69) is 10.6 Å². The van der Waals surface area contributed by atoms with Gasteiger partial charge in [-0.1, -0.05) is 30.3 Å². The number of nitrogen functional groups attached to an aromatic ring is 1. The van der Waals surface area contributed by atoms with Crippen LogP contribution in [-0.2, 0) is 6.54 Å². The molecule has 0 aliphatic heterocycles. The summed E-state index contributed by atoms with van der Waals surface area (Å²) in [4.78, 5) is 22.9. The Labute approximate surface area is 121 Å². The third-order valence-electron chi connectivity index (χ3n) is 2.82. The molecule has 0 aliphatic rings. The number of nitrogens with one attached hydrogen (secondary N) is 2. The molecule has 0 aromatic heterocycles. The molecule has 0 atom stereocenters. The maximum Gasteiger partial charge on any atom is 0.337 e. The third-order valence-corrected chi connectivity index (χ3v) is 2.82. The molecule has 2 aromatic carbocycles. The van der Waals surface area contributed by atoms with E-state index >= 15 is 0 Å². The van der Waals surface area contributed by atoms with Crippen molar-refractivity contribution >= 4 is 23.4 Å². The first kappa shape index (κ1) is 14.4. The van der Waals surface area contributed by atoms with Crippen LogP contribution in [0.3, 0.4) is 0 Å². The van der Waals surface area contributed by atoms with Crippen LogP contribution in [0.5, 0.6) is 0 Å². The first-order chi connectivity index (χ1) is 10.1. The molecule has 0 fully saturated rings. The Kier molecular flexibility index (Phi) is 4.40. The van der Waals surface area contributed by atoms with Crippen molar-refractivity contribution in [3.05, 3.63) is 59.7 Å².